The lowest BCUT2D eigenvalue weighted by molar-refractivity contribution is 0.372. The van der Waals surface area contributed by atoms with Crippen LogP contribution in [-0.2, 0) is 0 Å². The molecule has 0 aliphatic heterocycles. The van der Waals surface area contributed by atoms with E-state index in [1.807, 2.05) is 0 Å². The normalized spacial score (nSPS) is 11.5. The fourth-order valence-corrected chi connectivity index (χ4v) is 1.58. The van der Waals surface area contributed by atoms with Crippen LogP contribution in [0.4, 0.5) is 0 Å². The number of hydrogen-bond donors (Lipinski definition) is 4. The molecule has 4 nitrogen and oxygen atoms in total. The lowest BCUT2D eigenvalue weighted by Crippen LogP contribution is -2.33. The molecule has 0 amide bonds. The lowest BCUT2D eigenvalue weighted by Gasteiger charge is -2.18. The van der Waals surface area contributed by atoms with Gasteiger partial charge in [0.15, 0.2) is 0 Å². The summed E-state index contributed by atoms with van der Waals surface area (Å²) in [6.45, 7) is 1.50. The zero-order chi connectivity index (χ0) is 10.1. The summed E-state index contributed by atoms with van der Waals surface area (Å²) in [5, 5.41) is 0. The van der Waals surface area contributed by atoms with Gasteiger partial charge in [0.2, 0.25) is 0 Å². The average Bonchev–Trinajstić information content (AvgIpc) is 2.09. The fraction of sp³-hybridized carbons (Fsp3) is 1.00. The van der Waals surface area contributed by atoms with E-state index in [1.165, 1.54) is 0 Å². The van der Waals surface area contributed by atoms with Crippen molar-refractivity contribution < 1.29 is 0 Å². The molecule has 0 aliphatic carbocycles. The van der Waals surface area contributed by atoms with Crippen molar-refractivity contribution in [3.8, 4) is 0 Å². The molecular formula is C9H24N4. The van der Waals surface area contributed by atoms with Gasteiger partial charge in [0.05, 0.1) is 6.17 Å². The van der Waals surface area contributed by atoms with Gasteiger partial charge in [0, 0.05) is 0 Å². The summed E-state index contributed by atoms with van der Waals surface area (Å²) in [4.78, 5) is 0. The summed E-state index contributed by atoms with van der Waals surface area (Å²) in [6, 6.07) is 0. The first-order chi connectivity index (χ1) is 6.20. The predicted molar refractivity (Wildman–Crippen MR) is 56.8 cm³/mol. The van der Waals surface area contributed by atoms with E-state index in [0.717, 1.165) is 45.2 Å². The molecule has 0 saturated heterocycles. The van der Waals surface area contributed by atoms with Crippen molar-refractivity contribution in [3.63, 3.8) is 0 Å². The monoisotopic (exact) mass is 188 g/mol. The molecule has 80 valence electrons. The van der Waals surface area contributed by atoms with Crippen LogP contribution in [0.25, 0.3) is 0 Å². The van der Waals surface area contributed by atoms with Crippen LogP contribution in [0, 0.1) is 5.92 Å². The predicted octanol–water partition coefficient (Wildman–Crippen LogP) is -0.286. The Kier molecular flexibility index (Phi) is 8.33. The molecule has 0 unspecified atom stereocenters. The summed E-state index contributed by atoms with van der Waals surface area (Å²) in [6.07, 6.45) is 5.06. The van der Waals surface area contributed by atoms with Crippen LogP contribution in [0.15, 0.2) is 0 Å². The Morgan fingerprint density at radius 3 is 1.62 bits per heavy atom. The van der Waals surface area contributed by atoms with Gasteiger partial charge in [0.25, 0.3) is 0 Å². The molecule has 0 fully saturated rings. The summed E-state index contributed by atoms with van der Waals surface area (Å²) >= 11 is 0. The molecule has 0 aromatic heterocycles. The first kappa shape index (κ1) is 12.8. The maximum absolute atomic E-state index is 5.55. The van der Waals surface area contributed by atoms with Crippen molar-refractivity contribution in [1.82, 2.24) is 0 Å². The molecule has 4 heteroatoms. The van der Waals surface area contributed by atoms with Gasteiger partial charge in [-0.25, -0.2) is 0 Å². The number of rotatable bonds is 8. The second kappa shape index (κ2) is 8.44. The molecule has 0 saturated carbocycles. The van der Waals surface area contributed by atoms with Crippen LogP contribution in [-0.4, -0.2) is 19.3 Å². The Hall–Kier alpha value is -0.160. The molecule has 0 rings (SSSR count). The van der Waals surface area contributed by atoms with E-state index in [9.17, 15) is 0 Å². The molecule has 0 aromatic carbocycles. The van der Waals surface area contributed by atoms with Crippen molar-refractivity contribution in [2.24, 2.45) is 28.9 Å². The van der Waals surface area contributed by atoms with Gasteiger partial charge in [0.1, 0.15) is 0 Å². The highest BCUT2D eigenvalue weighted by Crippen LogP contribution is 2.17. The largest absolute Gasteiger partial charge is 0.330 e. The smallest absolute Gasteiger partial charge is 0.0523 e. The third-order valence-electron chi connectivity index (χ3n) is 2.24. The van der Waals surface area contributed by atoms with Crippen LogP contribution in [0.2, 0.25) is 0 Å². The average molecular weight is 188 g/mol. The van der Waals surface area contributed by atoms with Gasteiger partial charge in [-0.1, -0.05) is 0 Å². The Balaban J connectivity index is 3.60. The fourth-order valence-electron chi connectivity index (χ4n) is 1.58. The van der Waals surface area contributed by atoms with E-state index in [-0.39, 0.29) is 6.17 Å². The zero-order valence-corrected chi connectivity index (χ0v) is 8.41. The zero-order valence-electron chi connectivity index (χ0n) is 8.41. The number of hydrogen-bond acceptors (Lipinski definition) is 4. The van der Waals surface area contributed by atoms with Crippen LogP contribution in [0.1, 0.15) is 32.1 Å². The van der Waals surface area contributed by atoms with E-state index in [2.05, 4.69) is 0 Å². The summed E-state index contributed by atoms with van der Waals surface area (Å²) in [7, 11) is 0. The van der Waals surface area contributed by atoms with Gasteiger partial charge >= 0.3 is 0 Å². The van der Waals surface area contributed by atoms with Gasteiger partial charge in [-0.05, 0) is 51.1 Å². The first-order valence-corrected chi connectivity index (χ1v) is 5.12. The highest BCUT2D eigenvalue weighted by Gasteiger charge is 2.10. The molecule has 0 atom stereocenters. The highest BCUT2D eigenvalue weighted by molar-refractivity contribution is 4.65. The third-order valence-corrected chi connectivity index (χ3v) is 2.24. The van der Waals surface area contributed by atoms with E-state index in [1.54, 1.807) is 0 Å². The summed E-state index contributed by atoms with van der Waals surface area (Å²) in [5.41, 5.74) is 22.0. The molecule has 0 aromatic rings. The van der Waals surface area contributed by atoms with Gasteiger partial charge < -0.3 is 22.9 Å². The van der Waals surface area contributed by atoms with Crippen molar-refractivity contribution in [2.45, 2.75) is 38.3 Å². The quantitative estimate of drug-likeness (QED) is 0.393. The van der Waals surface area contributed by atoms with Crippen molar-refractivity contribution in [2.75, 3.05) is 13.1 Å². The molecule has 13 heavy (non-hydrogen) atoms. The Labute approximate surface area is 81.0 Å². The maximum atomic E-state index is 5.55. The minimum atomic E-state index is -0.194. The standard InChI is InChI=1S/C9H24N4/c10-5-1-3-8(4-2-6-11)7-9(12)13/h8-9H,1-7,10-13H2. The number of nitrogens with two attached hydrogens (primary N) is 4. The highest BCUT2D eigenvalue weighted by atomic mass is 14.8. The summed E-state index contributed by atoms with van der Waals surface area (Å²) in [5.74, 6) is 0.604. The SMILES string of the molecule is NCCCC(CCCN)CC(N)N. The van der Waals surface area contributed by atoms with Crippen LogP contribution in [0.5, 0.6) is 0 Å². The van der Waals surface area contributed by atoms with Gasteiger partial charge in [-0.2, -0.15) is 0 Å². The Morgan fingerprint density at radius 2 is 1.31 bits per heavy atom. The van der Waals surface area contributed by atoms with E-state index < -0.39 is 0 Å². The van der Waals surface area contributed by atoms with Crippen LogP contribution < -0.4 is 22.9 Å². The second-order valence-electron chi connectivity index (χ2n) is 3.63. The van der Waals surface area contributed by atoms with E-state index in [4.69, 9.17) is 22.9 Å². The maximum Gasteiger partial charge on any atom is 0.0523 e. The minimum absolute atomic E-state index is 0.194. The van der Waals surface area contributed by atoms with Crippen LogP contribution in [0.3, 0.4) is 0 Å². The molecule has 0 heterocycles. The molecule has 0 aliphatic rings. The summed E-state index contributed by atoms with van der Waals surface area (Å²) < 4.78 is 0. The molecule has 0 radical (unpaired) electrons. The lowest BCUT2D eigenvalue weighted by atomic mass is 9.93. The van der Waals surface area contributed by atoms with Gasteiger partial charge in [-0.15, -0.1) is 0 Å². The Morgan fingerprint density at radius 1 is 0.846 bits per heavy atom. The van der Waals surface area contributed by atoms with Crippen molar-refractivity contribution in [3.05, 3.63) is 0 Å². The first-order valence-electron chi connectivity index (χ1n) is 5.12. The third kappa shape index (κ3) is 8.18. The molecule has 8 N–H and O–H groups in total. The Bertz CT molecular complexity index is 97.8. The second-order valence-corrected chi connectivity index (χ2v) is 3.63. The molecule has 0 bridgehead atoms. The minimum Gasteiger partial charge on any atom is -0.330 e. The van der Waals surface area contributed by atoms with Crippen molar-refractivity contribution in [1.29, 1.82) is 0 Å². The molecular weight excluding hydrogens is 164 g/mol. The van der Waals surface area contributed by atoms with Gasteiger partial charge in [-0.3, -0.25) is 0 Å². The topological polar surface area (TPSA) is 104 Å². The van der Waals surface area contributed by atoms with Crippen molar-refractivity contribution >= 4 is 0 Å². The van der Waals surface area contributed by atoms with E-state index in [0.29, 0.717) is 5.92 Å². The van der Waals surface area contributed by atoms with E-state index >= 15 is 0 Å². The molecule has 0 spiro atoms. The van der Waals surface area contributed by atoms with Crippen LogP contribution >= 0.6 is 0 Å².